The van der Waals surface area contributed by atoms with Gasteiger partial charge in [-0.05, 0) is 81.9 Å². The average Bonchev–Trinajstić information content (AvgIpc) is 3.70. The predicted molar refractivity (Wildman–Crippen MR) is 208 cm³/mol. The highest BCUT2D eigenvalue weighted by molar-refractivity contribution is 5.96. The molecule has 0 atom stereocenters. The van der Waals surface area contributed by atoms with Crippen molar-refractivity contribution >= 4 is 45.4 Å². The van der Waals surface area contributed by atoms with E-state index in [0.29, 0.717) is 0 Å². The molecule has 3 aliphatic rings. The molecule has 0 unspecified atom stereocenters. The van der Waals surface area contributed by atoms with Gasteiger partial charge in [-0.2, -0.15) is 0 Å². The van der Waals surface area contributed by atoms with E-state index in [1.54, 1.807) is 0 Å². The van der Waals surface area contributed by atoms with Crippen molar-refractivity contribution < 1.29 is 0 Å². The zero-order valence-electron chi connectivity index (χ0n) is 28.5. The monoisotopic (exact) mass is 654 g/mol. The zero-order valence-corrected chi connectivity index (χ0v) is 28.5. The minimum Gasteiger partial charge on any atom is -0.310 e. The summed E-state index contributed by atoms with van der Waals surface area (Å²) in [5, 5.41) is 0. The summed E-state index contributed by atoms with van der Waals surface area (Å²) in [5.41, 5.74) is 16.0. The van der Waals surface area contributed by atoms with E-state index < -0.39 is 5.54 Å². The molecule has 0 saturated heterocycles. The van der Waals surface area contributed by atoms with Crippen molar-refractivity contribution in [3.8, 4) is 11.1 Å². The van der Waals surface area contributed by atoms with Crippen LogP contribution in [0.2, 0.25) is 0 Å². The predicted octanol–water partition coefficient (Wildman–Crippen LogP) is 11.7. The average molecular weight is 655 g/mol. The number of hydrogen-bond acceptors (Lipinski definition) is 3. The molecule has 4 nitrogen and oxygen atoms in total. The van der Waals surface area contributed by atoms with E-state index in [0.717, 1.165) is 34.0 Å². The second kappa shape index (κ2) is 10.1. The summed E-state index contributed by atoms with van der Waals surface area (Å²) in [6.45, 7) is 4.68. The molecule has 0 fully saturated rings. The van der Waals surface area contributed by atoms with Crippen LogP contribution in [0.3, 0.4) is 0 Å². The molecule has 51 heavy (non-hydrogen) atoms. The van der Waals surface area contributed by atoms with Gasteiger partial charge in [-0.1, -0.05) is 135 Å². The molecule has 242 valence electrons. The maximum atomic E-state index is 5.48. The molecule has 8 aromatic rings. The van der Waals surface area contributed by atoms with Crippen LogP contribution in [0.1, 0.15) is 41.7 Å². The van der Waals surface area contributed by atoms with Crippen LogP contribution in [0, 0.1) is 0 Å². The largest absolute Gasteiger partial charge is 0.310 e. The zero-order chi connectivity index (χ0) is 33.9. The molecule has 11 rings (SSSR count). The highest BCUT2D eigenvalue weighted by Gasteiger charge is 2.53. The Morgan fingerprint density at radius 2 is 0.980 bits per heavy atom. The summed E-state index contributed by atoms with van der Waals surface area (Å²) in [6.07, 6.45) is 0. The molecular formula is C47H34N4. The fourth-order valence-electron chi connectivity index (χ4n) is 9.39. The first kappa shape index (κ1) is 28.4. The number of imidazole rings is 1. The van der Waals surface area contributed by atoms with Crippen LogP contribution in [0.15, 0.2) is 170 Å². The van der Waals surface area contributed by atoms with Gasteiger partial charge >= 0.3 is 0 Å². The van der Waals surface area contributed by atoms with Crippen molar-refractivity contribution in [2.75, 3.05) is 9.80 Å². The maximum Gasteiger partial charge on any atom is 0.217 e. The number of benzene rings is 7. The molecule has 0 N–H and O–H groups in total. The molecule has 7 aromatic carbocycles. The summed E-state index contributed by atoms with van der Waals surface area (Å²) in [6, 6.07) is 62.1. The first-order valence-corrected chi connectivity index (χ1v) is 17.7. The molecule has 0 bridgehead atoms. The molecule has 0 saturated carbocycles. The van der Waals surface area contributed by atoms with Gasteiger partial charge in [0, 0.05) is 22.4 Å². The number of fused-ring (bicyclic) bond motifs is 13. The maximum absolute atomic E-state index is 5.48. The van der Waals surface area contributed by atoms with Gasteiger partial charge in [0.2, 0.25) is 5.95 Å². The number of para-hydroxylation sites is 5. The number of anilines is 6. The van der Waals surface area contributed by atoms with Gasteiger partial charge in [0.05, 0.1) is 28.1 Å². The lowest BCUT2D eigenvalue weighted by atomic mass is 9.73. The Hall–Kier alpha value is -6.39. The van der Waals surface area contributed by atoms with Crippen molar-refractivity contribution in [1.29, 1.82) is 0 Å². The lowest BCUT2D eigenvalue weighted by Crippen LogP contribution is -2.42. The molecule has 1 aliphatic carbocycles. The Labute approximate surface area is 297 Å². The van der Waals surface area contributed by atoms with Gasteiger partial charge < -0.3 is 4.90 Å². The Kier molecular flexibility index (Phi) is 5.63. The minimum atomic E-state index is -0.641. The van der Waals surface area contributed by atoms with E-state index in [4.69, 9.17) is 4.98 Å². The topological polar surface area (TPSA) is 24.3 Å². The Morgan fingerprint density at radius 3 is 1.65 bits per heavy atom. The molecule has 2 aliphatic heterocycles. The molecule has 0 amide bonds. The van der Waals surface area contributed by atoms with Gasteiger partial charge in [-0.3, -0.25) is 9.47 Å². The smallest absolute Gasteiger partial charge is 0.217 e. The molecule has 4 heteroatoms. The molecule has 0 radical (unpaired) electrons. The summed E-state index contributed by atoms with van der Waals surface area (Å²) >= 11 is 0. The third kappa shape index (κ3) is 3.56. The van der Waals surface area contributed by atoms with Crippen LogP contribution in [-0.4, -0.2) is 9.55 Å². The Bertz CT molecular complexity index is 2610. The van der Waals surface area contributed by atoms with Crippen LogP contribution in [-0.2, 0) is 11.0 Å². The number of rotatable bonds is 2. The SMILES string of the molecule is CC1(C)c2ccccc2N(c2ccc3c(c2)N(c2ccccc2)c2nc4ccccc4n2C32c3ccccc3-c3ccccc32)c2ccccc21. The van der Waals surface area contributed by atoms with Gasteiger partial charge in [0.15, 0.2) is 0 Å². The lowest BCUT2D eigenvalue weighted by molar-refractivity contribution is 0.533. The molecular weight excluding hydrogens is 621 g/mol. The number of hydrogen-bond donors (Lipinski definition) is 0. The summed E-state index contributed by atoms with van der Waals surface area (Å²) in [5.74, 6) is 0.902. The van der Waals surface area contributed by atoms with Crippen molar-refractivity contribution in [1.82, 2.24) is 9.55 Å². The normalized spacial score (nSPS) is 15.5. The van der Waals surface area contributed by atoms with E-state index in [2.05, 4.69) is 198 Å². The summed E-state index contributed by atoms with van der Waals surface area (Å²) in [7, 11) is 0. The fourth-order valence-corrected chi connectivity index (χ4v) is 9.39. The minimum absolute atomic E-state index is 0.139. The van der Waals surface area contributed by atoms with Crippen molar-refractivity contribution in [2.45, 2.75) is 24.8 Å². The Balaban J connectivity index is 1.28. The van der Waals surface area contributed by atoms with Crippen LogP contribution >= 0.6 is 0 Å². The van der Waals surface area contributed by atoms with Crippen molar-refractivity contribution in [3.63, 3.8) is 0 Å². The van der Waals surface area contributed by atoms with Gasteiger partial charge in [0.1, 0.15) is 5.54 Å². The third-order valence-electron chi connectivity index (χ3n) is 11.5. The highest BCUT2D eigenvalue weighted by Crippen LogP contribution is 2.62. The fraction of sp³-hybridized carbons (Fsp3) is 0.0851. The van der Waals surface area contributed by atoms with Gasteiger partial charge in [-0.25, -0.2) is 4.98 Å². The summed E-state index contributed by atoms with van der Waals surface area (Å²) in [4.78, 5) is 10.3. The molecule has 1 aromatic heterocycles. The Morgan fingerprint density at radius 1 is 0.431 bits per heavy atom. The van der Waals surface area contributed by atoms with Crippen LogP contribution in [0.4, 0.5) is 34.4 Å². The number of nitrogens with zero attached hydrogens (tertiary/aromatic N) is 4. The standard InChI is InChI=1S/C47H34N4/c1-46(2)37-22-10-13-25-41(37)49(42-26-14-11-23-38(42)46)32-28-29-39-44(30-32)50(31-16-4-3-5-17-31)45-48-40-24-12-15-27-43(40)51(45)47(39)35-20-8-6-18-33(35)34-19-7-9-21-36(34)47/h3-30H,1-2H3. The quantitative estimate of drug-likeness (QED) is 0.185. The molecule has 3 heterocycles. The van der Waals surface area contributed by atoms with Crippen molar-refractivity contribution in [2.24, 2.45) is 0 Å². The van der Waals surface area contributed by atoms with E-state index >= 15 is 0 Å². The van der Waals surface area contributed by atoms with E-state index in [1.165, 1.54) is 50.3 Å². The van der Waals surface area contributed by atoms with E-state index in [1.807, 2.05) is 0 Å². The van der Waals surface area contributed by atoms with E-state index in [9.17, 15) is 0 Å². The van der Waals surface area contributed by atoms with Crippen LogP contribution < -0.4 is 9.80 Å². The van der Waals surface area contributed by atoms with Gasteiger partial charge in [0.25, 0.3) is 0 Å². The van der Waals surface area contributed by atoms with Crippen LogP contribution in [0.25, 0.3) is 22.2 Å². The lowest BCUT2D eigenvalue weighted by Gasteiger charge is -2.46. The number of aromatic nitrogens is 2. The highest BCUT2D eigenvalue weighted by atomic mass is 15.4. The van der Waals surface area contributed by atoms with E-state index in [-0.39, 0.29) is 5.41 Å². The first-order chi connectivity index (χ1) is 25.1. The second-order valence-corrected chi connectivity index (χ2v) is 14.4. The molecule has 1 spiro atoms. The first-order valence-electron chi connectivity index (χ1n) is 17.7. The van der Waals surface area contributed by atoms with Crippen molar-refractivity contribution in [3.05, 3.63) is 198 Å². The van der Waals surface area contributed by atoms with Crippen LogP contribution in [0.5, 0.6) is 0 Å². The van der Waals surface area contributed by atoms with Gasteiger partial charge in [-0.15, -0.1) is 0 Å². The summed E-state index contributed by atoms with van der Waals surface area (Å²) < 4.78 is 2.51. The second-order valence-electron chi connectivity index (χ2n) is 14.4. The third-order valence-corrected chi connectivity index (χ3v) is 11.5.